The Morgan fingerprint density at radius 2 is 1.65 bits per heavy atom. The van der Waals surface area contributed by atoms with Crippen LogP contribution in [-0.4, -0.2) is 68.9 Å². The van der Waals surface area contributed by atoms with E-state index in [9.17, 15) is 9.59 Å². The zero-order valence-corrected chi connectivity index (χ0v) is 13.6. The summed E-state index contributed by atoms with van der Waals surface area (Å²) in [5, 5.41) is 2.91. The molecule has 1 saturated heterocycles. The second kappa shape index (κ2) is 8.26. The van der Waals surface area contributed by atoms with Crippen molar-refractivity contribution in [1.82, 2.24) is 15.1 Å². The van der Waals surface area contributed by atoms with Crippen LogP contribution in [0.2, 0.25) is 0 Å². The van der Waals surface area contributed by atoms with E-state index in [1.165, 1.54) is 7.11 Å². The summed E-state index contributed by atoms with van der Waals surface area (Å²) in [6.07, 6.45) is 0.419. The van der Waals surface area contributed by atoms with Crippen LogP contribution >= 0.6 is 0 Å². The average molecular weight is 321 g/mol. The van der Waals surface area contributed by atoms with E-state index in [0.717, 1.165) is 17.7 Å². The number of hydrogen-bond donors (Lipinski definition) is 1. The molecule has 7 nitrogen and oxygen atoms in total. The minimum Gasteiger partial charge on any atom is -0.497 e. The highest BCUT2D eigenvalue weighted by atomic mass is 16.5. The zero-order chi connectivity index (χ0) is 16.7. The Morgan fingerprint density at radius 1 is 1.04 bits per heavy atom. The van der Waals surface area contributed by atoms with Crippen molar-refractivity contribution >= 4 is 12.1 Å². The van der Waals surface area contributed by atoms with Crippen molar-refractivity contribution in [2.45, 2.75) is 6.42 Å². The molecule has 0 atom stereocenters. The number of benzene rings is 1. The normalized spacial score (nSPS) is 14.3. The summed E-state index contributed by atoms with van der Waals surface area (Å²) >= 11 is 0. The first kappa shape index (κ1) is 16.9. The summed E-state index contributed by atoms with van der Waals surface area (Å²) in [7, 11) is 3.00. The number of rotatable bonds is 4. The Balaban J connectivity index is 1.70. The number of amides is 3. The molecule has 0 spiro atoms. The van der Waals surface area contributed by atoms with Gasteiger partial charge in [0.25, 0.3) is 0 Å². The van der Waals surface area contributed by atoms with Gasteiger partial charge in [-0.25, -0.2) is 9.59 Å². The summed E-state index contributed by atoms with van der Waals surface area (Å²) in [5.74, 6) is 0.821. The van der Waals surface area contributed by atoms with E-state index < -0.39 is 0 Å². The highest BCUT2D eigenvalue weighted by Crippen LogP contribution is 2.11. The molecule has 0 bridgehead atoms. The molecule has 0 aliphatic carbocycles. The van der Waals surface area contributed by atoms with E-state index >= 15 is 0 Å². The fourth-order valence-electron chi connectivity index (χ4n) is 2.44. The van der Waals surface area contributed by atoms with E-state index in [1.54, 1.807) is 16.9 Å². The Labute approximate surface area is 136 Å². The van der Waals surface area contributed by atoms with Crippen molar-refractivity contribution in [3.63, 3.8) is 0 Å². The maximum Gasteiger partial charge on any atom is 0.409 e. The number of carbonyl (C=O) groups excluding carboxylic acids is 2. The van der Waals surface area contributed by atoms with Crippen LogP contribution in [0.25, 0.3) is 0 Å². The Morgan fingerprint density at radius 3 is 2.22 bits per heavy atom. The van der Waals surface area contributed by atoms with Gasteiger partial charge in [-0.1, -0.05) is 12.1 Å². The molecule has 7 heteroatoms. The van der Waals surface area contributed by atoms with Crippen LogP contribution < -0.4 is 10.1 Å². The number of piperazine rings is 1. The summed E-state index contributed by atoms with van der Waals surface area (Å²) in [6, 6.07) is 7.69. The molecule has 1 aromatic rings. The first-order valence-corrected chi connectivity index (χ1v) is 7.62. The first-order valence-electron chi connectivity index (χ1n) is 7.62. The molecule has 3 amide bonds. The highest BCUT2D eigenvalue weighted by Gasteiger charge is 2.24. The van der Waals surface area contributed by atoms with Gasteiger partial charge < -0.3 is 24.6 Å². The maximum absolute atomic E-state index is 12.1. The average Bonchev–Trinajstić information content (AvgIpc) is 2.61. The van der Waals surface area contributed by atoms with Crippen molar-refractivity contribution < 1.29 is 19.1 Å². The monoisotopic (exact) mass is 321 g/mol. The number of carbonyl (C=O) groups is 2. The van der Waals surface area contributed by atoms with E-state index in [1.807, 2.05) is 24.3 Å². The number of nitrogens with zero attached hydrogens (tertiary/aromatic N) is 2. The lowest BCUT2D eigenvalue weighted by atomic mass is 10.1. The summed E-state index contributed by atoms with van der Waals surface area (Å²) in [5.41, 5.74) is 1.14. The lowest BCUT2D eigenvalue weighted by molar-refractivity contribution is 0.0971. The van der Waals surface area contributed by atoms with Crippen LogP contribution in [0.4, 0.5) is 9.59 Å². The molecular weight excluding hydrogens is 298 g/mol. The van der Waals surface area contributed by atoms with Gasteiger partial charge >= 0.3 is 12.1 Å². The van der Waals surface area contributed by atoms with Gasteiger partial charge in [-0.3, -0.25) is 0 Å². The predicted molar refractivity (Wildman–Crippen MR) is 85.6 cm³/mol. The van der Waals surface area contributed by atoms with Crippen molar-refractivity contribution in [2.75, 3.05) is 46.9 Å². The van der Waals surface area contributed by atoms with Crippen molar-refractivity contribution in [3.8, 4) is 5.75 Å². The van der Waals surface area contributed by atoms with Crippen LogP contribution in [-0.2, 0) is 11.2 Å². The van der Waals surface area contributed by atoms with Crippen LogP contribution in [0.3, 0.4) is 0 Å². The van der Waals surface area contributed by atoms with Crippen molar-refractivity contribution in [2.24, 2.45) is 0 Å². The van der Waals surface area contributed by atoms with Gasteiger partial charge in [0.2, 0.25) is 0 Å². The van der Waals surface area contributed by atoms with Crippen LogP contribution in [0, 0.1) is 0 Å². The Kier molecular flexibility index (Phi) is 6.08. The molecule has 0 saturated carbocycles. The van der Waals surface area contributed by atoms with Crippen molar-refractivity contribution in [1.29, 1.82) is 0 Å². The van der Waals surface area contributed by atoms with Gasteiger partial charge in [-0.15, -0.1) is 0 Å². The lowest BCUT2D eigenvalue weighted by Crippen LogP contribution is -2.53. The van der Waals surface area contributed by atoms with Gasteiger partial charge in [-0.2, -0.15) is 0 Å². The van der Waals surface area contributed by atoms with Gasteiger partial charge in [0.1, 0.15) is 5.75 Å². The maximum atomic E-state index is 12.1. The fourth-order valence-corrected chi connectivity index (χ4v) is 2.44. The van der Waals surface area contributed by atoms with E-state index in [4.69, 9.17) is 4.74 Å². The van der Waals surface area contributed by atoms with Gasteiger partial charge in [0.15, 0.2) is 0 Å². The van der Waals surface area contributed by atoms with Gasteiger partial charge in [0, 0.05) is 32.7 Å². The molecule has 23 heavy (non-hydrogen) atoms. The topological polar surface area (TPSA) is 71.1 Å². The SMILES string of the molecule is COC(=O)N1CCN(C(=O)NCCc2ccc(OC)cc2)CC1. The fraction of sp³-hybridized carbons (Fsp3) is 0.500. The van der Waals surface area contributed by atoms with Gasteiger partial charge in [-0.05, 0) is 24.1 Å². The minimum atomic E-state index is -0.343. The summed E-state index contributed by atoms with van der Waals surface area (Å²) < 4.78 is 9.79. The molecule has 126 valence electrons. The lowest BCUT2D eigenvalue weighted by Gasteiger charge is -2.33. The molecule has 0 unspecified atom stereocenters. The predicted octanol–water partition coefficient (Wildman–Crippen LogP) is 1.33. The van der Waals surface area contributed by atoms with Crippen molar-refractivity contribution in [3.05, 3.63) is 29.8 Å². The van der Waals surface area contributed by atoms with Crippen LogP contribution in [0.5, 0.6) is 5.75 Å². The Hall–Kier alpha value is -2.44. The third kappa shape index (κ3) is 4.77. The molecule has 1 N–H and O–H groups in total. The third-order valence-electron chi connectivity index (χ3n) is 3.85. The molecule has 1 aromatic carbocycles. The second-order valence-electron chi connectivity index (χ2n) is 5.27. The molecule has 1 aliphatic heterocycles. The standard InChI is InChI=1S/C16H23N3O4/c1-22-14-5-3-13(4-6-14)7-8-17-15(20)18-9-11-19(12-10-18)16(21)23-2/h3-6H,7-12H2,1-2H3,(H,17,20). The van der Waals surface area contributed by atoms with E-state index in [2.05, 4.69) is 10.1 Å². The number of methoxy groups -OCH3 is 2. The molecule has 1 aliphatic rings. The summed E-state index contributed by atoms with van der Waals surface area (Å²) in [4.78, 5) is 26.8. The van der Waals surface area contributed by atoms with Crippen LogP contribution in [0.15, 0.2) is 24.3 Å². The molecular formula is C16H23N3O4. The quantitative estimate of drug-likeness (QED) is 0.908. The van der Waals surface area contributed by atoms with Crippen LogP contribution in [0.1, 0.15) is 5.56 Å². The number of ether oxygens (including phenoxy) is 2. The molecule has 0 radical (unpaired) electrons. The van der Waals surface area contributed by atoms with Gasteiger partial charge in [0.05, 0.1) is 14.2 Å². The zero-order valence-electron chi connectivity index (χ0n) is 13.6. The number of hydrogen-bond acceptors (Lipinski definition) is 4. The number of urea groups is 1. The van der Waals surface area contributed by atoms with E-state index in [0.29, 0.717) is 32.7 Å². The highest BCUT2D eigenvalue weighted by molar-refractivity contribution is 5.75. The number of nitrogens with one attached hydrogen (secondary N) is 1. The largest absolute Gasteiger partial charge is 0.497 e. The third-order valence-corrected chi connectivity index (χ3v) is 3.85. The molecule has 2 rings (SSSR count). The summed E-state index contributed by atoms with van der Waals surface area (Å²) in [6.45, 7) is 2.60. The Bertz CT molecular complexity index is 525. The van der Waals surface area contributed by atoms with E-state index in [-0.39, 0.29) is 12.1 Å². The molecule has 1 fully saturated rings. The first-order chi connectivity index (χ1) is 11.1. The smallest absolute Gasteiger partial charge is 0.409 e. The molecule has 0 aromatic heterocycles. The molecule has 1 heterocycles. The minimum absolute atomic E-state index is 0.0944. The second-order valence-corrected chi connectivity index (χ2v) is 5.27.